The molecule has 0 aliphatic rings. The Hall–Kier alpha value is -3.09. The number of halogens is 3. The molecule has 0 radical (unpaired) electrons. The maximum Gasteiger partial charge on any atom is 0.338 e. The van der Waals surface area contributed by atoms with Crippen LogP contribution in [0, 0.1) is 18.2 Å². The predicted octanol–water partition coefficient (Wildman–Crippen LogP) is 5.07. The lowest BCUT2D eigenvalue weighted by molar-refractivity contribution is 0.0525. The van der Waals surface area contributed by atoms with Crippen LogP contribution >= 0.6 is 0 Å². The van der Waals surface area contributed by atoms with Crippen molar-refractivity contribution in [2.24, 2.45) is 0 Å². The molecule has 0 atom stereocenters. The van der Waals surface area contributed by atoms with Gasteiger partial charge in [-0.1, -0.05) is 6.07 Å². The van der Waals surface area contributed by atoms with E-state index in [2.05, 4.69) is 5.32 Å². The van der Waals surface area contributed by atoms with E-state index in [4.69, 9.17) is 10.1 Å². The third-order valence-corrected chi connectivity index (χ3v) is 4.25. The Balaban J connectivity index is 2.24. The zero-order valence-corrected chi connectivity index (χ0v) is 16.5. The van der Waals surface area contributed by atoms with E-state index in [-0.39, 0.29) is 18.7 Å². The van der Waals surface area contributed by atoms with Gasteiger partial charge in [0.2, 0.25) is 0 Å². The zero-order chi connectivity index (χ0) is 21.6. The van der Waals surface area contributed by atoms with Crippen molar-refractivity contribution < 1.29 is 22.7 Å². The van der Waals surface area contributed by atoms with Gasteiger partial charge in [-0.2, -0.15) is 0 Å². The van der Waals surface area contributed by atoms with Gasteiger partial charge in [0.1, 0.15) is 5.82 Å². The first kappa shape index (κ1) is 22.2. The lowest BCUT2D eigenvalue weighted by atomic mass is 10.0. The van der Waals surface area contributed by atoms with Crippen molar-refractivity contribution in [1.82, 2.24) is 5.32 Å². The summed E-state index contributed by atoms with van der Waals surface area (Å²) in [6.07, 6.45) is -1.23. The zero-order valence-electron chi connectivity index (χ0n) is 16.5. The van der Waals surface area contributed by atoms with Gasteiger partial charge in [-0.15, -0.1) is 0 Å². The lowest BCUT2D eigenvalue weighted by Crippen LogP contribution is -2.11. The smallest absolute Gasteiger partial charge is 0.338 e. The van der Waals surface area contributed by atoms with Gasteiger partial charge in [-0.25, -0.2) is 18.0 Å². The average Bonchev–Trinajstić information content (AvgIpc) is 2.65. The van der Waals surface area contributed by atoms with Crippen LogP contribution in [-0.4, -0.2) is 25.3 Å². The molecule has 2 N–H and O–H groups in total. The number of carbonyl (C=O) groups excluding carboxylic acids is 1. The van der Waals surface area contributed by atoms with Crippen LogP contribution in [0.5, 0.6) is 0 Å². The van der Waals surface area contributed by atoms with E-state index in [9.17, 15) is 18.0 Å². The molecular formula is C22H23F3N2O2. The van der Waals surface area contributed by atoms with Gasteiger partial charge in [-0.3, -0.25) is 0 Å². The molecule has 0 bridgehead atoms. The van der Waals surface area contributed by atoms with Crippen LogP contribution in [0.4, 0.5) is 13.2 Å². The number of hydrogen-bond acceptors (Lipinski definition) is 4. The Morgan fingerprint density at radius 2 is 1.97 bits per heavy atom. The van der Waals surface area contributed by atoms with Gasteiger partial charge >= 0.3 is 5.97 Å². The van der Waals surface area contributed by atoms with Gasteiger partial charge < -0.3 is 15.5 Å². The highest BCUT2D eigenvalue weighted by molar-refractivity contribution is 6.00. The molecule has 0 aromatic heterocycles. The number of rotatable bonds is 8. The van der Waals surface area contributed by atoms with Crippen LogP contribution in [0.25, 0.3) is 5.70 Å². The SMILES string of the molecule is CCOC(=O)c1ccc(/C(=C/C(=N)Cc2cc(F)cc(C(F)F)c2)NC)cc1C. The van der Waals surface area contributed by atoms with Gasteiger partial charge in [0, 0.05) is 30.4 Å². The third kappa shape index (κ3) is 5.94. The summed E-state index contributed by atoms with van der Waals surface area (Å²) < 4.78 is 44.3. The fourth-order valence-electron chi connectivity index (χ4n) is 2.92. The summed E-state index contributed by atoms with van der Waals surface area (Å²) in [5.41, 5.74) is 2.55. The Morgan fingerprint density at radius 3 is 2.55 bits per heavy atom. The molecule has 0 saturated heterocycles. The molecule has 7 heteroatoms. The molecule has 0 unspecified atom stereocenters. The second-order valence-corrected chi connectivity index (χ2v) is 6.45. The standard InChI is InChI=1S/C22H23F3N2O2/c1-4-29-22(28)19-6-5-15(7-13(19)2)20(27-3)12-18(26)10-14-8-16(21(24)25)11-17(23)9-14/h5-9,11-12,21,26-27H,4,10H2,1-3H3/b20-12-,26-18?. The van der Waals surface area contributed by atoms with E-state index in [0.717, 1.165) is 23.3 Å². The number of allylic oxidation sites excluding steroid dienone is 1. The van der Waals surface area contributed by atoms with Crippen LogP contribution in [0.15, 0.2) is 42.5 Å². The first-order valence-electron chi connectivity index (χ1n) is 9.07. The molecule has 4 nitrogen and oxygen atoms in total. The number of alkyl halides is 2. The molecule has 0 aliphatic carbocycles. The summed E-state index contributed by atoms with van der Waals surface area (Å²) >= 11 is 0. The van der Waals surface area contributed by atoms with Crippen molar-refractivity contribution in [1.29, 1.82) is 5.41 Å². The molecular weight excluding hydrogens is 381 g/mol. The van der Waals surface area contributed by atoms with E-state index in [1.807, 2.05) is 0 Å². The third-order valence-electron chi connectivity index (χ3n) is 4.25. The van der Waals surface area contributed by atoms with Crippen LogP contribution < -0.4 is 5.32 Å². The highest BCUT2D eigenvalue weighted by Gasteiger charge is 2.13. The van der Waals surface area contributed by atoms with Gasteiger partial charge in [-0.05, 0) is 66.9 Å². The van der Waals surface area contributed by atoms with Crippen LogP contribution in [0.1, 0.15) is 46.0 Å². The lowest BCUT2D eigenvalue weighted by Gasteiger charge is -2.12. The van der Waals surface area contributed by atoms with Crippen molar-refractivity contribution in [3.63, 3.8) is 0 Å². The highest BCUT2D eigenvalue weighted by Crippen LogP contribution is 2.22. The molecule has 0 aliphatic heterocycles. The normalized spacial score (nSPS) is 11.5. The summed E-state index contributed by atoms with van der Waals surface area (Å²) in [5.74, 6) is -1.16. The van der Waals surface area contributed by atoms with Crippen molar-refractivity contribution in [2.75, 3.05) is 13.7 Å². The van der Waals surface area contributed by atoms with Crippen LogP contribution in [0.3, 0.4) is 0 Å². The second kappa shape index (κ2) is 9.91. The Labute approximate surface area is 167 Å². The van der Waals surface area contributed by atoms with E-state index < -0.39 is 23.8 Å². The predicted molar refractivity (Wildman–Crippen MR) is 107 cm³/mol. The number of aryl methyl sites for hydroxylation is 1. The number of carbonyl (C=O) groups is 1. The molecule has 0 fully saturated rings. The minimum atomic E-state index is -2.78. The quantitative estimate of drug-likeness (QED) is 0.477. The summed E-state index contributed by atoms with van der Waals surface area (Å²) in [4.78, 5) is 11.9. The average molecular weight is 404 g/mol. The first-order chi connectivity index (χ1) is 13.7. The summed E-state index contributed by atoms with van der Waals surface area (Å²) in [6.45, 7) is 3.80. The highest BCUT2D eigenvalue weighted by atomic mass is 19.3. The first-order valence-corrected chi connectivity index (χ1v) is 9.07. The van der Waals surface area contributed by atoms with Gasteiger partial charge in [0.25, 0.3) is 6.43 Å². The largest absolute Gasteiger partial charge is 0.462 e. The minimum absolute atomic E-state index is 0.00253. The molecule has 0 heterocycles. The molecule has 29 heavy (non-hydrogen) atoms. The number of esters is 1. The number of nitrogens with one attached hydrogen (secondary N) is 2. The number of ether oxygens (including phenoxy) is 1. The Bertz CT molecular complexity index is 940. The monoisotopic (exact) mass is 404 g/mol. The molecule has 2 rings (SSSR count). The number of hydrogen-bond donors (Lipinski definition) is 2. The van der Waals surface area contributed by atoms with Crippen LogP contribution in [0.2, 0.25) is 0 Å². The van der Waals surface area contributed by atoms with Gasteiger partial charge in [0.05, 0.1) is 12.2 Å². The fraction of sp³-hybridized carbons (Fsp3) is 0.273. The minimum Gasteiger partial charge on any atom is -0.462 e. The maximum atomic E-state index is 13.6. The summed E-state index contributed by atoms with van der Waals surface area (Å²) in [7, 11) is 1.69. The van der Waals surface area contributed by atoms with E-state index in [1.54, 1.807) is 45.2 Å². The second-order valence-electron chi connectivity index (χ2n) is 6.45. The molecule has 2 aromatic carbocycles. The van der Waals surface area contributed by atoms with Crippen molar-refractivity contribution in [3.05, 3.63) is 76.1 Å². The van der Waals surface area contributed by atoms with Crippen molar-refractivity contribution in [3.8, 4) is 0 Å². The molecule has 0 spiro atoms. The van der Waals surface area contributed by atoms with E-state index in [1.165, 1.54) is 6.07 Å². The molecule has 0 saturated carbocycles. The fourth-order valence-corrected chi connectivity index (χ4v) is 2.92. The number of benzene rings is 2. The van der Waals surface area contributed by atoms with Gasteiger partial charge in [0.15, 0.2) is 0 Å². The topological polar surface area (TPSA) is 62.2 Å². The maximum absolute atomic E-state index is 13.6. The van der Waals surface area contributed by atoms with Crippen molar-refractivity contribution in [2.45, 2.75) is 26.7 Å². The summed E-state index contributed by atoms with van der Waals surface area (Å²) in [5, 5.41) is 11.2. The summed E-state index contributed by atoms with van der Waals surface area (Å²) in [6, 6.07) is 8.31. The Morgan fingerprint density at radius 1 is 1.24 bits per heavy atom. The van der Waals surface area contributed by atoms with E-state index >= 15 is 0 Å². The molecule has 154 valence electrons. The molecule has 0 amide bonds. The Kier molecular flexibility index (Phi) is 7.59. The van der Waals surface area contributed by atoms with Crippen LogP contribution in [-0.2, 0) is 11.2 Å². The van der Waals surface area contributed by atoms with Crippen molar-refractivity contribution >= 4 is 17.4 Å². The molecule has 2 aromatic rings. The van der Waals surface area contributed by atoms with E-state index in [0.29, 0.717) is 16.8 Å².